The van der Waals surface area contributed by atoms with Gasteiger partial charge in [0.05, 0.1) is 5.69 Å². The molecule has 1 aliphatic rings. The number of halogens is 1. The monoisotopic (exact) mass is 310 g/mol. The fourth-order valence-electron chi connectivity index (χ4n) is 2.03. The summed E-state index contributed by atoms with van der Waals surface area (Å²) in [5.41, 5.74) is 1.80. The summed E-state index contributed by atoms with van der Waals surface area (Å²) < 4.78 is 0.864. The van der Waals surface area contributed by atoms with Crippen LogP contribution in [0, 0.1) is 6.92 Å². The van der Waals surface area contributed by atoms with E-state index in [0.717, 1.165) is 15.7 Å². The smallest absolute Gasteiger partial charge is 0.250 e. The first-order valence-electron chi connectivity index (χ1n) is 5.90. The van der Waals surface area contributed by atoms with Crippen molar-refractivity contribution in [2.45, 2.75) is 26.3 Å². The van der Waals surface area contributed by atoms with E-state index in [9.17, 15) is 9.59 Å². The average molecular weight is 311 g/mol. The van der Waals surface area contributed by atoms with Crippen LogP contribution in [0.15, 0.2) is 22.7 Å². The molecular formula is C13H15BrN2O2. The molecule has 1 atom stereocenters. The van der Waals surface area contributed by atoms with Crippen LogP contribution in [0.1, 0.15) is 18.9 Å². The van der Waals surface area contributed by atoms with Crippen LogP contribution < -0.4 is 10.2 Å². The van der Waals surface area contributed by atoms with Crippen LogP contribution in [0.4, 0.5) is 5.69 Å². The van der Waals surface area contributed by atoms with Crippen LogP contribution in [0.3, 0.4) is 0 Å². The summed E-state index contributed by atoms with van der Waals surface area (Å²) in [7, 11) is 0. The fourth-order valence-corrected chi connectivity index (χ4v) is 2.51. The summed E-state index contributed by atoms with van der Waals surface area (Å²) in [5.74, 6) is -0.168. The lowest BCUT2D eigenvalue weighted by Gasteiger charge is -2.32. The minimum atomic E-state index is -0.418. The number of carbonyl (C=O) groups is 2. The molecule has 1 saturated heterocycles. The van der Waals surface area contributed by atoms with Crippen LogP contribution in [0.25, 0.3) is 0 Å². The number of aryl methyl sites for hydroxylation is 1. The van der Waals surface area contributed by atoms with Gasteiger partial charge in [-0.05, 0) is 40.9 Å². The van der Waals surface area contributed by atoms with Gasteiger partial charge in [0.1, 0.15) is 12.6 Å². The summed E-state index contributed by atoms with van der Waals surface area (Å²) in [6, 6.07) is 5.27. The first-order chi connectivity index (χ1) is 8.54. The topological polar surface area (TPSA) is 49.4 Å². The first kappa shape index (κ1) is 13.1. The summed E-state index contributed by atoms with van der Waals surface area (Å²) in [6.45, 7) is 3.93. The van der Waals surface area contributed by atoms with Gasteiger partial charge < -0.3 is 10.2 Å². The Labute approximate surface area is 114 Å². The zero-order valence-electron chi connectivity index (χ0n) is 10.4. The molecule has 0 saturated carbocycles. The molecule has 1 aromatic carbocycles. The molecule has 0 bridgehead atoms. The van der Waals surface area contributed by atoms with E-state index in [-0.39, 0.29) is 18.4 Å². The van der Waals surface area contributed by atoms with E-state index in [0.29, 0.717) is 6.42 Å². The van der Waals surface area contributed by atoms with Crippen LogP contribution in [0.2, 0.25) is 0 Å². The van der Waals surface area contributed by atoms with Crippen molar-refractivity contribution in [1.29, 1.82) is 0 Å². The van der Waals surface area contributed by atoms with Gasteiger partial charge >= 0.3 is 0 Å². The zero-order valence-corrected chi connectivity index (χ0v) is 12.0. The number of anilines is 1. The SMILES string of the molecule is CCC1NC(=O)CN(c2cccc(C)c2Br)C1=O. The molecule has 0 aliphatic carbocycles. The highest BCUT2D eigenvalue weighted by molar-refractivity contribution is 9.10. The Morgan fingerprint density at radius 3 is 2.83 bits per heavy atom. The van der Waals surface area contributed by atoms with Gasteiger partial charge in [-0.25, -0.2) is 0 Å². The number of rotatable bonds is 2. The van der Waals surface area contributed by atoms with Crippen molar-refractivity contribution in [1.82, 2.24) is 5.32 Å². The lowest BCUT2D eigenvalue weighted by atomic mass is 10.1. The van der Waals surface area contributed by atoms with E-state index in [1.54, 1.807) is 4.90 Å². The van der Waals surface area contributed by atoms with Gasteiger partial charge in [-0.3, -0.25) is 9.59 Å². The molecule has 1 heterocycles. The van der Waals surface area contributed by atoms with E-state index in [4.69, 9.17) is 0 Å². The number of piperazine rings is 1. The molecule has 96 valence electrons. The Hall–Kier alpha value is -1.36. The Balaban J connectivity index is 2.39. The minimum Gasteiger partial charge on any atom is -0.343 e. The first-order valence-corrected chi connectivity index (χ1v) is 6.69. The number of carbonyl (C=O) groups excluding carboxylic acids is 2. The van der Waals surface area contributed by atoms with Gasteiger partial charge in [-0.15, -0.1) is 0 Å². The molecule has 0 radical (unpaired) electrons. The van der Waals surface area contributed by atoms with Crippen molar-refractivity contribution >= 4 is 33.4 Å². The van der Waals surface area contributed by atoms with Crippen LogP contribution in [-0.4, -0.2) is 24.4 Å². The minimum absolute atomic E-state index is 0.0524. The van der Waals surface area contributed by atoms with E-state index < -0.39 is 6.04 Å². The molecule has 1 fully saturated rings. The highest BCUT2D eigenvalue weighted by Gasteiger charge is 2.33. The summed E-state index contributed by atoms with van der Waals surface area (Å²) in [4.78, 5) is 25.4. The standard InChI is InChI=1S/C13H15BrN2O2/c1-3-9-13(18)16(7-11(17)15-9)10-6-4-5-8(2)12(10)14/h4-6,9H,3,7H2,1-2H3,(H,15,17). The highest BCUT2D eigenvalue weighted by atomic mass is 79.9. The fraction of sp³-hybridized carbons (Fsp3) is 0.385. The molecule has 2 amide bonds. The lowest BCUT2D eigenvalue weighted by Crippen LogP contribution is -2.58. The number of nitrogens with one attached hydrogen (secondary N) is 1. The summed E-state index contributed by atoms with van der Waals surface area (Å²) in [5, 5.41) is 2.70. The van der Waals surface area contributed by atoms with Gasteiger partial charge in [0.25, 0.3) is 0 Å². The van der Waals surface area contributed by atoms with Crippen LogP contribution >= 0.6 is 15.9 Å². The third kappa shape index (κ3) is 2.27. The van der Waals surface area contributed by atoms with E-state index >= 15 is 0 Å². The number of amides is 2. The molecule has 4 nitrogen and oxygen atoms in total. The second-order valence-electron chi connectivity index (χ2n) is 4.36. The van der Waals surface area contributed by atoms with E-state index in [2.05, 4.69) is 21.2 Å². The third-order valence-electron chi connectivity index (χ3n) is 3.07. The largest absolute Gasteiger partial charge is 0.343 e. The number of benzene rings is 1. The van der Waals surface area contributed by atoms with Gasteiger partial charge in [0, 0.05) is 4.47 Å². The lowest BCUT2D eigenvalue weighted by molar-refractivity contribution is -0.131. The van der Waals surface area contributed by atoms with Crippen molar-refractivity contribution in [2.24, 2.45) is 0 Å². The Kier molecular flexibility index (Phi) is 3.71. The summed E-state index contributed by atoms with van der Waals surface area (Å²) in [6.07, 6.45) is 0.602. The van der Waals surface area contributed by atoms with Gasteiger partial charge in [0.2, 0.25) is 11.8 Å². The Morgan fingerprint density at radius 2 is 2.17 bits per heavy atom. The van der Waals surface area contributed by atoms with Crippen molar-refractivity contribution in [2.75, 3.05) is 11.4 Å². The molecule has 0 aromatic heterocycles. The third-order valence-corrected chi connectivity index (χ3v) is 4.10. The van der Waals surface area contributed by atoms with Gasteiger partial charge in [0.15, 0.2) is 0 Å². The molecule has 18 heavy (non-hydrogen) atoms. The molecule has 0 spiro atoms. The maximum Gasteiger partial charge on any atom is 0.250 e. The molecule has 5 heteroatoms. The van der Waals surface area contributed by atoms with E-state index in [1.165, 1.54) is 0 Å². The van der Waals surface area contributed by atoms with E-state index in [1.807, 2.05) is 32.0 Å². The number of hydrogen-bond donors (Lipinski definition) is 1. The van der Waals surface area contributed by atoms with Crippen LogP contribution in [-0.2, 0) is 9.59 Å². The highest BCUT2D eigenvalue weighted by Crippen LogP contribution is 2.30. The van der Waals surface area contributed by atoms with Crippen molar-refractivity contribution in [3.8, 4) is 0 Å². The average Bonchev–Trinajstić information content (AvgIpc) is 2.35. The molecule has 1 N–H and O–H groups in total. The number of nitrogens with zero attached hydrogens (tertiary/aromatic N) is 1. The Bertz CT molecular complexity index is 502. The van der Waals surface area contributed by atoms with Gasteiger partial charge in [-0.1, -0.05) is 19.1 Å². The van der Waals surface area contributed by atoms with Gasteiger partial charge in [-0.2, -0.15) is 0 Å². The predicted octanol–water partition coefficient (Wildman–Crippen LogP) is 2.00. The molecule has 1 unspecified atom stereocenters. The molecular weight excluding hydrogens is 296 g/mol. The van der Waals surface area contributed by atoms with Crippen molar-refractivity contribution in [3.05, 3.63) is 28.2 Å². The maximum atomic E-state index is 12.3. The quantitative estimate of drug-likeness (QED) is 0.908. The molecule has 1 aromatic rings. The van der Waals surface area contributed by atoms with Crippen LogP contribution in [0.5, 0.6) is 0 Å². The Morgan fingerprint density at radius 1 is 1.44 bits per heavy atom. The molecule has 2 rings (SSSR count). The predicted molar refractivity (Wildman–Crippen MR) is 73.5 cm³/mol. The summed E-state index contributed by atoms with van der Waals surface area (Å²) >= 11 is 3.48. The second kappa shape index (κ2) is 5.10. The second-order valence-corrected chi connectivity index (χ2v) is 5.15. The normalized spacial score (nSPS) is 19.9. The maximum absolute atomic E-state index is 12.3. The molecule has 1 aliphatic heterocycles. The van der Waals surface area contributed by atoms with Crippen molar-refractivity contribution in [3.63, 3.8) is 0 Å². The number of hydrogen-bond acceptors (Lipinski definition) is 2. The van der Waals surface area contributed by atoms with Crippen molar-refractivity contribution < 1.29 is 9.59 Å². The zero-order chi connectivity index (χ0) is 13.3.